The van der Waals surface area contributed by atoms with Crippen molar-refractivity contribution in [2.45, 2.75) is 25.9 Å². The minimum Gasteiger partial charge on any atom is -0.392 e. The molecule has 0 spiro atoms. The molecule has 2 rings (SSSR count). The predicted octanol–water partition coefficient (Wildman–Crippen LogP) is 1.99. The van der Waals surface area contributed by atoms with E-state index in [1.807, 2.05) is 0 Å². The zero-order valence-corrected chi connectivity index (χ0v) is 11.0. The van der Waals surface area contributed by atoms with Gasteiger partial charge in [-0.05, 0) is 31.9 Å². The average molecular weight is 265 g/mol. The number of aliphatic hydroxyl groups is 1. The van der Waals surface area contributed by atoms with Gasteiger partial charge in [0.15, 0.2) is 0 Å². The van der Waals surface area contributed by atoms with Crippen LogP contribution in [0.2, 0.25) is 0 Å². The molecular weight excluding hydrogens is 246 g/mol. The molecule has 0 bridgehead atoms. The molecule has 0 aliphatic carbocycles. The van der Waals surface area contributed by atoms with E-state index >= 15 is 0 Å². The third-order valence-electron chi connectivity index (χ3n) is 3.24. The van der Waals surface area contributed by atoms with Gasteiger partial charge in [-0.1, -0.05) is 0 Å². The number of rotatable bonds is 5. The molecule has 0 radical (unpaired) electrons. The summed E-state index contributed by atoms with van der Waals surface area (Å²) in [6.07, 6.45) is 1.77. The number of benzene rings is 1. The van der Waals surface area contributed by atoms with Crippen molar-refractivity contribution in [1.29, 1.82) is 0 Å². The summed E-state index contributed by atoms with van der Waals surface area (Å²) < 4.78 is 0. The Morgan fingerprint density at radius 3 is 2.74 bits per heavy atom. The Labute approximate surface area is 112 Å². The van der Waals surface area contributed by atoms with Crippen LogP contribution in [0, 0.1) is 10.1 Å². The Balaban J connectivity index is 2.23. The second kappa shape index (κ2) is 5.88. The topological polar surface area (TPSA) is 78.6 Å². The lowest BCUT2D eigenvalue weighted by molar-refractivity contribution is -0.383. The third kappa shape index (κ3) is 3.35. The standard InChI is InChI=1S/C13H19N3O3/c1-10(17)9-14-12-8-11(15-6-2-3-7-15)4-5-13(12)16(18)19/h4-5,8,10,14,17H,2-3,6-7,9H2,1H3/t10-/m1/s1. The summed E-state index contributed by atoms with van der Waals surface area (Å²) in [6.45, 7) is 3.93. The van der Waals surface area contributed by atoms with Gasteiger partial charge in [-0.3, -0.25) is 10.1 Å². The van der Waals surface area contributed by atoms with E-state index in [0.717, 1.165) is 31.6 Å². The molecule has 0 aromatic heterocycles. The molecule has 0 unspecified atom stereocenters. The van der Waals surface area contributed by atoms with Crippen molar-refractivity contribution in [2.75, 3.05) is 29.9 Å². The maximum atomic E-state index is 11.0. The molecule has 6 nitrogen and oxygen atoms in total. The Morgan fingerprint density at radius 2 is 2.16 bits per heavy atom. The summed E-state index contributed by atoms with van der Waals surface area (Å²) in [5, 5.41) is 23.2. The lowest BCUT2D eigenvalue weighted by atomic mass is 10.2. The van der Waals surface area contributed by atoms with E-state index in [9.17, 15) is 15.2 Å². The minimum atomic E-state index is -0.546. The number of hydrogen-bond donors (Lipinski definition) is 2. The van der Waals surface area contributed by atoms with Crippen LogP contribution in [0.3, 0.4) is 0 Å². The van der Waals surface area contributed by atoms with Gasteiger partial charge in [-0.15, -0.1) is 0 Å². The van der Waals surface area contributed by atoms with Crippen molar-refractivity contribution in [1.82, 2.24) is 0 Å². The van der Waals surface area contributed by atoms with Crippen molar-refractivity contribution in [3.8, 4) is 0 Å². The van der Waals surface area contributed by atoms with Crippen molar-refractivity contribution < 1.29 is 10.0 Å². The lowest BCUT2D eigenvalue weighted by Gasteiger charge is -2.19. The first-order valence-electron chi connectivity index (χ1n) is 6.53. The molecule has 1 heterocycles. The highest BCUT2D eigenvalue weighted by molar-refractivity contribution is 5.69. The van der Waals surface area contributed by atoms with Crippen molar-refractivity contribution in [3.63, 3.8) is 0 Å². The smallest absolute Gasteiger partial charge is 0.292 e. The van der Waals surface area contributed by atoms with Crippen LogP contribution >= 0.6 is 0 Å². The van der Waals surface area contributed by atoms with Gasteiger partial charge in [-0.2, -0.15) is 0 Å². The van der Waals surface area contributed by atoms with Gasteiger partial charge < -0.3 is 15.3 Å². The van der Waals surface area contributed by atoms with Crippen molar-refractivity contribution >= 4 is 17.1 Å². The van der Waals surface area contributed by atoms with Crippen molar-refractivity contribution in [2.24, 2.45) is 0 Å². The number of nitrogens with one attached hydrogen (secondary N) is 1. The fourth-order valence-electron chi connectivity index (χ4n) is 2.25. The molecule has 1 aromatic carbocycles. The largest absolute Gasteiger partial charge is 0.392 e. The maximum absolute atomic E-state index is 11.0. The van der Waals surface area contributed by atoms with E-state index in [2.05, 4.69) is 10.2 Å². The quantitative estimate of drug-likeness (QED) is 0.628. The molecule has 1 aliphatic heterocycles. The van der Waals surface area contributed by atoms with E-state index < -0.39 is 11.0 Å². The Kier molecular flexibility index (Phi) is 4.21. The van der Waals surface area contributed by atoms with Crippen molar-refractivity contribution in [3.05, 3.63) is 28.3 Å². The molecule has 1 aromatic rings. The molecule has 104 valence electrons. The first kappa shape index (κ1) is 13.6. The van der Waals surface area contributed by atoms with Gasteiger partial charge >= 0.3 is 0 Å². The molecular formula is C13H19N3O3. The van der Waals surface area contributed by atoms with Gasteiger partial charge in [-0.25, -0.2) is 0 Å². The van der Waals surface area contributed by atoms with E-state index in [1.54, 1.807) is 19.1 Å². The second-order valence-electron chi connectivity index (χ2n) is 4.88. The molecule has 2 N–H and O–H groups in total. The molecule has 6 heteroatoms. The first-order valence-corrected chi connectivity index (χ1v) is 6.53. The van der Waals surface area contributed by atoms with Gasteiger partial charge in [0.1, 0.15) is 5.69 Å². The average Bonchev–Trinajstić information content (AvgIpc) is 2.89. The van der Waals surface area contributed by atoms with E-state index in [4.69, 9.17) is 0 Å². The van der Waals surface area contributed by atoms with E-state index in [-0.39, 0.29) is 5.69 Å². The van der Waals surface area contributed by atoms with Crippen LogP contribution in [0.5, 0.6) is 0 Å². The van der Waals surface area contributed by atoms with Crippen LogP contribution < -0.4 is 10.2 Å². The summed E-state index contributed by atoms with van der Waals surface area (Å²) >= 11 is 0. The van der Waals surface area contributed by atoms with E-state index in [0.29, 0.717) is 12.2 Å². The SMILES string of the molecule is C[C@@H](O)CNc1cc(N2CCCC2)ccc1[N+](=O)[O-]. The molecule has 1 fully saturated rings. The van der Waals surface area contributed by atoms with Crippen LogP contribution in [0.1, 0.15) is 19.8 Å². The fraction of sp³-hybridized carbons (Fsp3) is 0.538. The molecule has 0 saturated carbocycles. The Morgan fingerprint density at radius 1 is 1.47 bits per heavy atom. The number of nitro benzene ring substituents is 1. The van der Waals surface area contributed by atoms with Gasteiger partial charge in [0, 0.05) is 31.4 Å². The van der Waals surface area contributed by atoms with E-state index in [1.165, 1.54) is 6.07 Å². The molecule has 1 aliphatic rings. The Bertz CT molecular complexity index is 456. The highest BCUT2D eigenvalue weighted by Gasteiger charge is 2.18. The molecule has 0 amide bonds. The highest BCUT2D eigenvalue weighted by atomic mass is 16.6. The summed E-state index contributed by atoms with van der Waals surface area (Å²) in [4.78, 5) is 12.8. The summed E-state index contributed by atoms with van der Waals surface area (Å²) in [6, 6.07) is 5.11. The highest BCUT2D eigenvalue weighted by Crippen LogP contribution is 2.31. The zero-order valence-electron chi connectivity index (χ0n) is 11.0. The van der Waals surface area contributed by atoms with Gasteiger partial charge in [0.05, 0.1) is 11.0 Å². The van der Waals surface area contributed by atoms with Crippen LogP contribution in [-0.4, -0.2) is 35.8 Å². The summed E-state index contributed by atoms with van der Waals surface area (Å²) in [7, 11) is 0. The minimum absolute atomic E-state index is 0.0450. The molecule has 1 saturated heterocycles. The summed E-state index contributed by atoms with van der Waals surface area (Å²) in [5.74, 6) is 0. The zero-order chi connectivity index (χ0) is 13.8. The first-order chi connectivity index (χ1) is 9.08. The number of aliphatic hydroxyl groups excluding tert-OH is 1. The number of anilines is 2. The third-order valence-corrected chi connectivity index (χ3v) is 3.24. The van der Waals surface area contributed by atoms with Gasteiger partial charge in [0.25, 0.3) is 5.69 Å². The van der Waals surface area contributed by atoms with Crippen LogP contribution in [0.25, 0.3) is 0 Å². The Hall–Kier alpha value is -1.82. The van der Waals surface area contributed by atoms with Crippen LogP contribution in [0.4, 0.5) is 17.1 Å². The summed E-state index contributed by atoms with van der Waals surface area (Å²) in [5.41, 5.74) is 1.51. The lowest BCUT2D eigenvalue weighted by Crippen LogP contribution is -2.19. The number of hydrogen-bond acceptors (Lipinski definition) is 5. The van der Waals surface area contributed by atoms with Crippen LogP contribution in [-0.2, 0) is 0 Å². The molecule has 1 atom stereocenters. The monoisotopic (exact) mass is 265 g/mol. The van der Waals surface area contributed by atoms with Gasteiger partial charge in [0.2, 0.25) is 0 Å². The maximum Gasteiger partial charge on any atom is 0.292 e. The van der Waals surface area contributed by atoms with Crippen LogP contribution in [0.15, 0.2) is 18.2 Å². The molecule has 19 heavy (non-hydrogen) atoms. The fourth-order valence-corrected chi connectivity index (χ4v) is 2.25. The second-order valence-corrected chi connectivity index (χ2v) is 4.88. The normalized spacial score (nSPS) is 16.4. The predicted molar refractivity (Wildman–Crippen MR) is 74.7 cm³/mol. The number of nitro groups is 1. The number of nitrogens with zero attached hydrogens (tertiary/aromatic N) is 2.